The van der Waals surface area contributed by atoms with Crippen LogP contribution in [-0.4, -0.2) is 24.3 Å². The highest BCUT2D eigenvalue weighted by molar-refractivity contribution is 7.90. The van der Waals surface area contributed by atoms with E-state index in [1.54, 1.807) is 19.1 Å². The van der Waals surface area contributed by atoms with Crippen LogP contribution in [0.2, 0.25) is 0 Å². The van der Waals surface area contributed by atoms with E-state index in [2.05, 4.69) is 10.1 Å². The van der Waals surface area contributed by atoms with Gasteiger partial charge in [0, 0.05) is 5.56 Å². The van der Waals surface area contributed by atoms with Crippen molar-refractivity contribution in [2.75, 3.05) is 5.75 Å². The Kier molecular flexibility index (Phi) is 4.34. The number of sulfone groups is 1. The van der Waals surface area contributed by atoms with E-state index in [0.29, 0.717) is 5.82 Å². The lowest BCUT2D eigenvalue weighted by Crippen LogP contribution is -2.07. The lowest BCUT2D eigenvalue weighted by molar-refractivity contribution is 0.389. The van der Waals surface area contributed by atoms with Gasteiger partial charge in [-0.25, -0.2) is 8.42 Å². The zero-order valence-corrected chi connectivity index (χ0v) is 12.2. The Hall–Kier alpha value is -1.95. The summed E-state index contributed by atoms with van der Waals surface area (Å²) in [5.41, 5.74) is 1.89. The average molecular weight is 292 g/mol. The third-order valence-corrected chi connectivity index (χ3v) is 4.06. The van der Waals surface area contributed by atoms with Crippen LogP contribution in [-0.2, 0) is 15.6 Å². The van der Waals surface area contributed by atoms with Crippen molar-refractivity contribution in [3.63, 3.8) is 0 Å². The second kappa shape index (κ2) is 6.00. The molecule has 2 rings (SSSR count). The highest BCUT2D eigenvalue weighted by atomic mass is 32.2. The monoisotopic (exact) mass is 292 g/mol. The Bertz CT molecular complexity index is 718. The summed E-state index contributed by atoms with van der Waals surface area (Å²) in [5.74, 6) is 0.262. The number of allylic oxidation sites excluding steroid dienone is 1. The van der Waals surface area contributed by atoms with E-state index in [1.807, 2.05) is 31.2 Å². The Morgan fingerprint density at radius 2 is 2.15 bits per heavy atom. The Labute approximate surface area is 118 Å². The summed E-state index contributed by atoms with van der Waals surface area (Å²) >= 11 is 0. The molecule has 5 nitrogen and oxygen atoms in total. The molecular formula is C14H16N2O3S. The minimum atomic E-state index is -3.26. The van der Waals surface area contributed by atoms with E-state index in [1.165, 1.54) is 0 Å². The fourth-order valence-electron chi connectivity index (χ4n) is 1.70. The standard InChI is InChI=1S/C14H16N2O3S/c1-3-4-8-20(17,18)10-13-15-14(16-19-13)12-7-5-6-11(2)9-12/h3-7,9H,8,10H2,1-2H3. The molecule has 0 amide bonds. The first-order valence-corrected chi connectivity index (χ1v) is 8.03. The van der Waals surface area contributed by atoms with Gasteiger partial charge in [-0.05, 0) is 19.9 Å². The number of hydrogen-bond acceptors (Lipinski definition) is 5. The van der Waals surface area contributed by atoms with Crippen LogP contribution < -0.4 is 0 Å². The van der Waals surface area contributed by atoms with Gasteiger partial charge in [-0.1, -0.05) is 41.1 Å². The van der Waals surface area contributed by atoms with Gasteiger partial charge in [0.1, 0.15) is 5.75 Å². The fourth-order valence-corrected chi connectivity index (χ4v) is 2.80. The molecule has 0 spiro atoms. The number of rotatable bonds is 5. The first kappa shape index (κ1) is 14.5. The lowest BCUT2D eigenvalue weighted by atomic mass is 10.1. The van der Waals surface area contributed by atoms with Crippen LogP contribution >= 0.6 is 0 Å². The molecular weight excluding hydrogens is 276 g/mol. The van der Waals surface area contributed by atoms with Crippen LogP contribution in [0.1, 0.15) is 18.4 Å². The van der Waals surface area contributed by atoms with Gasteiger partial charge in [0.15, 0.2) is 9.84 Å². The predicted molar refractivity (Wildman–Crippen MR) is 76.8 cm³/mol. The van der Waals surface area contributed by atoms with E-state index in [-0.39, 0.29) is 17.4 Å². The zero-order valence-electron chi connectivity index (χ0n) is 11.4. The van der Waals surface area contributed by atoms with Crippen molar-refractivity contribution in [1.82, 2.24) is 10.1 Å². The maximum Gasteiger partial charge on any atom is 0.242 e. The highest BCUT2D eigenvalue weighted by Crippen LogP contribution is 2.17. The summed E-state index contributed by atoms with van der Waals surface area (Å²) in [5, 5.41) is 3.82. The fraction of sp³-hybridized carbons (Fsp3) is 0.286. The van der Waals surface area contributed by atoms with Gasteiger partial charge < -0.3 is 4.52 Å². The summed E-state index contributed by atoms with van der Waals surface area (Å²) in [6, 6.07) is 7.63. The van der Waals surface area contributed by atoms with Crippen molar-refractivity contribution in [2.45, 2.75) is 19.6 Å². The quantitative estimate of drug-likeness (QED) is 0.792. The van der Waals surface area contributed by atoms with Crippen LogP contribution in [0.15, 0.2) is 40.9 Å². The molecule has 0 aliphatic heterocycles. The summed E-state index contributed by atoms with van der Waals surface area (Å²) in [6.07, 6.45) is 3.29. The van der Waals surface area contributed by atoms with Crippen LogP contribution in [0, 0.1) is 6.92 Å². The molecule has 0 fully saturated rings. The van der Waals surface area contributed by atoms with Crippen LogP contribution in [0.4, 0.5) is 0 Å². The molecule has 0 unspecified atom stereocenters. The maximum atomic E-state index is 11.8. The molecule has 0 saturated carbocycles. The van der Waals surface area contributed by atoms with E-state index in [4.69, 9.17) is 4.52 Å². The zero-order chi connectivity index (χ0) is 14.6. The third-order valence-electron chi connectivity index (χ3n) is 2.67. The SMILES string of the molecule is CC=CCS(=O)(=O)Cc1nc(-c2cccc(C)c2)no1. The van der Waals surface area contributed by atoms with Crippen molar-refractivity contribution in [2.24, 2.45) is 0 Å². The maximum absolute atomic E-state index is 11.8. The molecule has 1 aromatic carbocycles. The molecule has 0 atom stereocenters. The molecule has 0 radical (unpaired) electrons. The molecule has 0 aliphatic carbocycles. The second-order valence-electron chi connectivity index (χ2n) is 4.50. The minimum Gasteiger partial charge on any atom is -0.338 e. The number of hydrogen-bond donors (Lipinski definition) is 0. The molecule has 0 bridgehead atoms. The van der Waals surface area contributed by atoms with E-state index in [0.717, 1.165) is 11.1 Å². The number of nitrogens with zero attached hydrogens (tertiary/aromatic N) is 2. The van der Waals surface area contributed by atoms with Gasteiger partial charge in [-0.15, -0.1) is 0 Å². The number of benzene rings is 1. The Morgan fingerprint density at radius 3 is 2.85 bits per heavy atom. The van der Waals surface area contributed by atoms with Crippen molar-refractivity contribution >= 4 is 9.84 Å². The van der Waals surface area contributed by atoms with Crippen molar-refractivity contribution in [3.8, 4) is 11.4 Å². The Morgan fingerprint density at radius 1 is 1.35 bits per heavy atom. The molecule has 20 heavy (non-hydrogen) atoms. The second-order valence-corrected chi connectivity index (χ2v) is 6.61. The van der Waals surface area contributed by atoms with E-state index >= 15 is 0 Å². The van der Waals surface area contributed by atoms with Gasteiger partial charge in [-0.3, -0.25) is 0 Å². The topological polar surface area (TPSA) is 73.1 Å². The number of aromatic nitrogens is 2. The third kappa shape index (κ3) is 3.77. The van der Waals surface area contributed by atoms with Gasteiger partial charge >= 0.3 is 0 Å². The normalized spacial score (nSPS) is 12.1. The largest absolute Gasteiger partial charge is 0.338 e. The first-order chi connectivity index (χ1) is 9.50. The van der Waals surface area contributed by atoms with Crippen molar-refractivity contribution in [3.05, 3.63) is 47.9 Å². The molecule has 1 heterocycles. The van der Waals surface area contributed by atoms with Gasteiger partial charge in [0.2, 0.25) is 11.7 Å². The molecule has 1 aromatic heterocycles. The van der Waals surface area contributed by atoms with Gasteiger partial charge in [0.05, 0.1) is 5.75 Å². The smallest absolute Gasteiger partial charge is 0.242 e. The molecule has 0 N–H and O–H groups in total. The number of aryl methyl sites for hydroxylation is 1. The minimum absolute atomic E-state index is 0.0222. The molecule has 106 valence electrons. The van der Waals surface area contributed by atoms with E-state index < -0.39 is 9.84 Å². The van der Waals surface area contributed by atoms with Crippen molar-refractivity contribution in [1.29, 1.82) is 0 Å². The van der Waals surface area contributed by atoms with Crippen LogP contribution in [0.5, 0.6) is 0 Å². The highest BCUT2D eigenvalue weighted by Gasteiger charge is 2.16. The summed E-state index contributed by atoms with van der Waals surface area (Å²) in [7, 11) is -3.26. The first-order valence-electron chi connectivity index (χ1n) is 6.21. The van der Waals surface area contributed by atoms with Gasteiger partial charge in [-0.2, -0.15) is 4.98 Å². The summed E-state index contributed by atoms with van der Waals surface area (Å²) in [6.45, 7) is 3.74. The molecule has 2 aromatic rings. The average Bonchev–Trinajstić information content (AvgIpc) is 2.84. The molecule has 0 saturated heterocycles. The van der Waals surface area contributed by atoms with Crippen molar-refractivity contribution < 1.29 is 12.9 Å². The lowest BCUT2D eigenvalue weighted by Gasteiger charge is -1.96. The van der Waals surface area contributed by atoms with Crippen LogP contribution in [0.25, 0.3) is 11.4 Å². The van der Waals surface area contributed by atoms with Gasteiger partial charge in [0.25, 0.3) is 0 Å². The van der Waals surface area contributed by atoms with E-state index in [9.17, 15) is 8.42 Å². The Balaban J connectivity index is 2.17. The van der Waals surface area contributed by atoms with Crippen LogP contribution in [0.3, 0.4) is 0 Å². The predicted octanol–water partition coefficient (Wildman–Crippen LogP) is 2.54. The molecule has 0 aliphatic rings. The summed E-state index contributed by atoms with van der Waals surface area (Å²) in [4.78, 5) is 4.13. The summed E-state index contributed by atoms with van der Waals surface area (Å²) < 4.78 is 28.6. The molecule has 6 heteroatoms.